The molecule has 1 saturated heterocycles. The third kappa shape index (κ3) is 5.62. The van der Waals surface area contributed by atoms with Gasteiger partial charge in [0.1, 0.15) is 0 Å². The Bertz CT molecular complexity index is 693. The van der Waals surface area contributed by atoms with Gasteiger partial charge in [0.2, 0.25) is 0 Å². The van der Waals surface area contributed by atoms with Crippen LogP contribution in [0.3, 0.4) is 0 Å². The topological polar surface area (TPSA) is 41.1 Å². The molecule has 25 heavy (non-hydrogen) atoms. The van der Waals surface area contributed by atoms with Crippen molar-refractivity contribution in [3.63, 3.8) is 0 Å². The Morgan fingerprint density at radius 1 is 1.04 bits per heavy atom. The Kier molecular flexibility index (Phi) is 6.54. The van der Waals surface area contributed by atoms with E-state index in [4.69, 9.17) is 0 Å². The van der Waals surface area contributed by atoms with Crippen LogP contribution in [0.15, 0.2) is 48.5 Å². The van der Waals surface area contributed by atoms with E-state index in [1.54, 1.807) is 0 Å². The Labute approximate surface area is 154 Å². The first-order valence-corrected chi connectivity index (χ1v) is 10.1. The summed E-state index contributed by atoms with van der Waals surface area (Å²) in [6, 6.07) is 16.8. The van der Waals surface area contributed by atoms with Crippen molar-refractivity contribution in [3.8, 4) is 0 Å². The van der Waals surface area contributed by atoms with Crippen LogP contribution in [0.4, 0.5) is 0 Å². The second kappa shape index (κ2) is 9.07. The van der Waals surface area contributed by atoms with Crippen LogP contribution in [0.1, 0.15) is 39.9 Å². The Balaban J connectivity index is 1.52. The number of amides is 1. The van der Waals surface area contributed by atoms with Gasteiger partial charge < -0.3 is 10.6 Å². The number of carbonyl (C=O) groups excluding carboxylic acids is 1. The normalized spacial score (nSPS) is 15.1. The second-order valence-electron chi connectivity index (χ2n) is 6.64. The van der Waals surface area contributed by atoms with Crippen molar-refractivity contribution in [3.05, 3.63) is 70.8 Å². The first-order valence-electron chi connectivity index (χ1n) is 8.94. The smallest absolute Gasteiger partial charge is 0.251 e. The molecule has 0 saturated carbocycles. The summed E-state index contributed by atoms with van der Waals surface area (Å²) >= 11 is 2.04. The third-order valence-corrected chi connectivity index (χ3v) is 5.63. The Morgan fingerprint density at radius 3 is 2.56 bits per heavy atom. The van der Waals surface area contributed by atoms with Gasteiger partial charge in [0, 0.05) is 24.7 Å². The number of rotatable bonds is 6. The summed E-state index contributed by atoms with van der Waals surface area (Å²) in [5.74, 6) is 2.48. The third-order valence-electron chi connectivity index (χ3n) is 4.58. The first-order chi connectivity index (χ1) is 12.2. The molecule has 1 aliphatic rings. The lowest BCUT2D eigenvalue weighted by Gasteiger charge is -2.22. The number of carbonyl (C=O) groups is 1. The summed E-state index contributed by atoms with van der Waals surface area (Å²) in [5, 5.41) is 6.63. The molecule has 2 N–H and O–H groups in total. The molecular weight excluding hydrogens is 328 g/mol. The van der Waals surface area contributed by atoms with Crippen molar-refractivity contribution >= 4 is 17.7 Å². The molecule has 1 amide bonds. The second-order valence-corrected chi connectivity index (χ2v) is 7.86. The van der Waals surface area contributed by atoms with Crippen molar-refractivity contribution in [2.45, 2.75) is 38.9 Å². The predicted octanol–water partition coefficient (Wildman–Crippen LogP) is 3.91. The quantitative estimate of drug-likeness (QED) is 0.826. The molecule has 2 aromatic carbocycles. The predicted molar refractivity (Wildman–Crippen MR) is 106 cm³/mol. The minimum atomic E-state index is -0.0171. The first kappa shape index (κ1) is 18.0. The highest BCUT2D eigenvalue weighted by Gasteiger charge is 2.13. The monoisotopic (exact) mass is 354 g/mol. The maximum absolute atomic E-state index is 12.4. The minimum absolute atomic E-state index is 0.0171. The molecule has 0 aromatic heterocycles. The highest BCUT2D eigenvalue weighted by molar-refractivity contribution is 7.99. The van der Waals surface area contributed by atoms with Gasteiger partial charge in [-0.2, -0.15) is 11.8 Å². The lowest BCUT2D eigenvalue weighted by Crippen LogP contribution is -2.32. The van der Waals surface area contributed by atoms with E-state index in [9.17, 15) is 4.79 Å². The number of nitrogens with one attached hydrogen (secondary N) is 2. The summed E-state index contributed by atoms with van der Waals surface area (Å²) in [5.41, 5.74) is 4.24. The molecule has 0 aliphatic carbocycles. The average molecular weight is 355 g/mol. The number of hydrogen-bond acceptors (Lipinski definition) is 3. The number of benzene rings is 2. The van der Waals surface area contributed by atoms with Crippen molar-refractivity contribution in [1.82, 2.24) is 10.6 Å². The molecule has 0 radical (unpaired) electrons. The van der Waals surface area contributed by atoms with E-state index < -0.39 is 0 Å². The summed E-state index contributed by atoms with van der Waals surface area (Å²) in [6.07, 6.45) is 2.47. The molecule has 1 fully saturated rings. The highest BCUT2D eigenvalue weighted by atomic mass is 32.2. The van der Waals surface area contributed by atoms with Gasteiger partial charge in [-0.15, -0.1) is 0 Å². The molecule has 1 aliphatic heterocycles. The molecule has 0 bridgehead atoms. The Hall–Kier alpha value is -1.78. The lowest BCUT2D eigenvalue weighted by molar-refractivity contribution is 0.0951. The van der Waals surface area contributed by atoms with Gasteiger partial charge in [-0.3, -0.25) is 4.79 Å². The zero-order valence-electron chi connectivity index (χ0n) is 14.8. The van der Waals surface area contributed by atoms with E-state index in [0.717, 1.165) is 17.7 Å². The van der Waals surface area contributed by atoms with E-state index in [1.807, 2.05) is 30.0 Å². The zero-order chi connectivity index (χ0) is 17.5. The Morgan fingerprint density at radius 2 is 1.80 bits per heavy atom. The van der Waals surface area contributed by atoms with Crippen LogP contribution in [0.2, 0.25) is 0 Å². The SMILES string of the molecule is Cc1ccc(CNC(=O)c2cccc(CNC3CCSCC3)c2)cc1. The molecule has 3 nitrogen and oxygen atoms in total. The number of hydrogen-bond donors (Lipinski definition) is 2. The van der Waals surface area contributed by atoms with E-state index in [2.05, 4.69) is 47.9 Å². The fourth-order valence-corrected chi connectivity index (χ4v) is 4.08. The van der Waals surface area contributed by atoms with Crippen LogP contribution in [0.5, 0.6) is 0 Å². The largest absolute Gasteiger partial charge is 0.348 e. The van der Waals surface area contributed by atoms with Crippen LogP contribution in [0.25, 0.3) is 0 Å². The van der Waals surface area contributed by atoms with Gasteiger partial charge in [-0.05, 0) is 54.5 Å². The number of thioether (sulfide) groups is 1. The molecule has 132 valence electrons. The van der Waals surface area contributed by atoms with Gasteiger partial charge in [-0.1, -0.05) is 42.0 Å². The molecule has 0 spiro atoms. The van der Waals surface area contributed by atoms with Crippen LogP contribution in [-0.4, -0.2) is 23.5 Å². The van der Waals surface area contributed by atoms with Crippen molar-refractivity contribution < 1.29 is 4.79 Å². The van der Waals surface area contributed by atoms with E-state index >= 15 is 0 Å². The van der Waals surface area contributed by atoms with Crippen molar-refractivity contribution in [2.75, 3.05) is 11.5 Å². The van der Waals surface area contributed by atoms with E-state index in [0.29, 0.717) is 12.6 Å². The van der Waals surface area contributed by atoms with Gasteiger partial charge in [-0.25, -0.2) is 0 Å². The maximum Gasteiger partial charge on any atom is 0.251 e. The fraction of sp³-hybridized carbons (Fsp3) is 0.381. The van der Waals surface area contributed by atoms with Crippen LogP contribution in [-0.2, 0) is 13.1 Å². The summed E-state index contributed by atoms with van der Waals surface area (Å²) in [7, 11) is 0. The average Bonchev–Trinajstić information content (AvgIpc) is 2.67. The molecule has 0 atom stereocenters. The van der Waals surface area contributed by atoms with Crippen molar-refractivity contribution in [1.29, 1.82) is 0 Å². The summed E-state index contributed by atoms with van der Waals surface area (Å²) in [6.45, 7) is 3.45. The van der Waals surface area contributed by atoms with E-state index in [-0.39, 0.29) is 5.91 Å². The van der Waals surface area contributed by atoms with Crippen LogP contribution in [0, 0.1) is 6.92 Å². The molecule has 4 heteroatoms. The van der Waals surface area contributed by atoms with Crippen LogP contribution >= 0.6 is 11.8 Å². The zero-order valence-corrected chi connectivity index (χ0v) is 15.6. The minimum Gasteiger partial charge on any atom is -0.348 e. The molecular formula is C21H26N2OS. The van der Waals surface area contributed by atoms with Gasteiger partial charge >= 0.3 is 0 Å². The molecule has 0 unspecified atom stereocenters. The van der Waals surface area contributed by atoms with Crippen LogP contribution < -0.4 is 10.6 Å². The summed E-state index contributed by atoms with van der Waals surface area (Å²) < 4.78 is 0. The molecule has 2 aromatic rings. The van der Waals surface area contributed by atoms with Gasteiger partial charge in [0.15, 0.2) is 0 Å². The van der Waals surface area contributed by atoms with Gasteiger partial charge in [0.05, 0.1) is 0 Å². The maximum atomic E-state index is 12.4. The lowest BCUT2D eigenvalue weighted by atomic mass is 10.1. The fourth-order valence-electron chi connectivity index (χ4n) is 2.98. The standard InChI is InChI=1S/C21H26N2OS/c1-16-5-7-17(8-6-16)14-23-21(24)19-4-2-3-18(13-19)15-22-20-9-11-25-12-10-20/h2-8,13,20,22H,9-12,14-15H2,1H3,(H,23,24). The molecule has 3 rings (SSSR count). The van der Waals surface area contributed by atoms with E-state index in [1.165, 1.54) is 35.5 Å². The molecule has 1 heterocycles. The number of aryl methyl sites for hydroxylation is 1. The summed E-state index contributed by atoms with van der Waals surface area (Å²) in [4.78, 5) is 12.4. The van der Waals surface area contributed by atoms with Crippen molar-refractivity contribution in [2.24, 2.45) is 0 Å². The van der Waals surface area contributed by atoms with Gasteiger partial charge in [0.25, 0.3) is 5.91 Å². The highest BCUT2D eigenvalue weighted by Crippen LogP contribution is 2.17.